The summed E-state index contributed by atoms with van der Waals surface area (Å²) < 4.78 is 1.39. The molecular formula is C14H15N3O3. The van der Waals surface area contributed by atoms with Crippen molar-refractivity contribution in [3.63, 3.8) is 0 Å². The van der Waals surface area contributed by atoms with Crippen molar-refractivity contribution in [1.82, 2.24) is 14.9 Å². The van der Waals surface area contributed by atoms with Crippen molar-refractivity contribution in [3.8, 4) is 0 Å². The average molecular weight is 273 g/mol. The van der Waals surface area contributed by atoms with E-state index in [9.17, 15) is 9.59 Å². The molecule has 104 valence electrons. The van der Waals surface area contributed by atoms with E-state index in [0.29, 0.717) is 5.69 Å². The Morgan fingerprint density at radius 2 is 2.15 bits per heavy atom. The van der Waals surface area contributed by atoms with Gasteiger partial charge in [0, 0.05) is 12.4 Å². The second-order valence-electron chi connectivity index (χ2n) is 4.36. The number of pyridine rings is 1. The number of amides is 1. The van der Waals surface area contributed by atoms with Crippen LogP contribution >= 0.6 is 0 Å². The third-order valence-corrected chi connectivity index (χ3v) is 2.85. The fourth-order valence-electron chi connectivity index (χ4n) is 1.88. The van der Waals surface area contributed by atoms with Crippen molar-refractivity contribution in [2.24, 2.45) is 0 Å². The first-order chi connectivity index (χ1) is 9.58. The van der Waals surface area contributed by atoms with E-state index in [4.69, 9.17) is 5.11 Å². The van der Waals surface area contributed by atoms with Crippen LogP contribution in [0.1, 0.15) is 29.1 Å². The number of carboxylic acids is 1. The molecule has 0 aromatic carbocycles. The second-order valence-corrected chi connectivity index (χ2v) is 4.36. The van der Waals surface area contributed by atoms with E-state index in [-0.39, 0.29) is 18.5 Å². The molecule has 0 aliphatic heterocycles. The van der Waals surface area contributed by atoms with E-state index in [1.54, 1.807) is 30.6 Å². The van der Waals surface area contributed by atoms with Crippen molar-refractivity contribution in [2.45, 2.75) is 19.5 Å². The molecular weight excluding hydrogens is 258 g/mol. The monoisotopic (exact) mass is 273 g/mol. The van der Waals surface area contributed by atoms with Crippen LogP contribution in [-0.4, -0.2) is 26.5 Å². The van der Waals surface area contributed by atoms with Gasteiger partial charge in [0.05, 0.1) is 11.7 Å². The second kappa shape index (κ2) is 6.01. The molecule has 0 saturated heterocycles. The van der Waals surface area contributed by atoms with Gasteiger partial charge in [0.1, 0.15) is 12.2 Å². The molecule has 0 saturated carbocycles. The summed E-state index contributed by atoms with van der Waals surface area (Å²) in [5, 5.41) is 11.6. The van der Waals surface area contributed by atoms with Crippen LogP contribution in [0.25, 0.3) is 0 Å². The van der Waals surface area contributed by atoms with E-state index < -0.39 is 5.97 Å². The maximum Gasteiger partial charge on any atom is 0.323 e. The number of aromatic nitrogens is 2. The number of hydrogen-bond donors (Lipinski definition) is 2. The topological polar surface area (TPSA) is 84.2 Å². The molecule has 6 nitrogen and oxygen atoms in total. The van der Waals surface area contributed by atoms with Gasteiger partial charge in [0.15, 0.2) is 0 Å². The summed E-state index contributed by atoms with van der Waals surface area (Å²) in [4.78, 5) is 27.0. The standard InChI is InChI=1S/C14H15N3O3/c1-10(11-5-2-3-7-15-11)16-14(20)12-6-4-8-17(12)9-13(18)19/h2-8,10H,9H2,1H3,(H,16,20)(H,18,19). The van der Waals surface area contributed by atoms with E-state index in [1.165, 1.54) is 4.57 Å². The lowest BCUT2D eigenvalue weighted by Crippen LogP contribution is -2.29. The zero-order valence-corrected chi connectivity index (χ0v) is 11.0. The Morgan fingerprint density at radius 1 is 1.35 bits per heavy atom. The van der Waals surface area contributed by atoms with Gasteiger partial charge in [-0.25, -0.2) is 0 Å². The number of nitrogens with zero attached hydrogens (tertiary/aromatic N) is 2. The minimum absolute atomic E-state index is 0.242. The molecule has 2 N–H and O–H groups in total. The fraction of sp³-hybridized carbons (Fsp3) is 0.214. The van der Waals surface area contributed by atoms with Crippen LogP contribution in [0.15, 0.2) is 42.7 Å². The number of rotatable bonds is 5. The SMILES string of the molecule is CC(NC(=O)c1cccn1CC(=O)O)c1ccccn1. The predicted molar refractivity (Wildman–Crippen MR) is 72.2 cm³/mol. The summed E-state index contributed by atoms with van der Waals surface area (Å²) >= 11 is 0. The van der Waals surface area contributed by atoms with Crippen LogP contribution in [0.5, 0.6) is 0 Å². The lowest BCUT2D eigenvalue weighted by Gasteiger charge is -2.14. The van der Waals surface area contributed by atoms with Gasteiger partial charge in [-0.15, -0.1) is 0 Å². The van der Waals surface area contributed by atoms with Gasteiger partial charge in [0.25, 0.3) is 5.91 Å². The van der Waals surface area contributed by atoms with Gasteiger partial charge in [-0.1, -0.05) is 6.07 Å². The molecule has 1 amide bonds. The van der Waals surface area contributed by atoms with Crippen molar-refractivity contribution in [1.29, 1.82) is 0 Å². The average Bonchev–Trinajstić information content (AvgIpc) is 2.87. The summed E-state index contributed by atoms with van der Waals surface area (Å²) in [7, 11) is 0. The van der Waals surface area contributed by atoms with Gasteiger partial charge in [-0.05, 0) is 31.2 Å². The van der Waals surface area contributed by atoms with Crippen molar-refractivity contribution in [3.05, 3.63) is 54.1 Å². The van der Waals surface area contributed by atoms with Crippen molar-refractivity contribution < 1.29 is 14.7 Å². The lowest BCUT2D eigenvalue weighted by molar-refractivity contribution is -0.137. The molecule has 0 fully saturated rings. The number of carbonyl (C=O) groups excluding carboxylic acids is 1. The minimum Gasteiger partial charge on any atom is -0.480 e. The van der Waals surface area contributed by atoms with Crippen LogP contribution < -0.4 is 5.32 Å². The van der Waals surface area contributed by atoms with Gasteiger partial charge >= 0.3 is 5.97 Å². The van der Waals surface area contributed by atoms with Crippen LogP contribution in [0.4, 0.5) is 0 Å². The molecule has 6 heteroatoms. The molecule has 0 aliphatic rings. The highest BCUT2D eigenvalue weighted by Gasteiger charge is 2.16. The summed E-state index contributed by atoms with van der Waals surface area (Å²) in [6, 6.07) is 8.44. The molecule has 2 heterocycles. The van der Waals surface area contributed by atoms with E-state index >= 15 is 0 Å². The lowest BCUT2D eigenvalue weighted by atomic mass is 10.2. The Hall–Kier alpha value is -2.63. The first-order valence-corrected chi connectivity index (χ1v) is 6.16. The molecule has 2 aromatic heterocycles. The summed E-state index contributed by atoms with van der Waals surface area (Å²) in [5.74, 6) is -1.32. The molecule has 0 radical (unpaired) electrons. The molecule has 0 bridgehead atoms. The smallest absolute Gasteiger partial charge is 0.323 e. The third-order valence-electron chi connectivity index (χ3n) is 2.85. The Morgan fingerprint density at radius 3 is 2.80 bits per heavy atom. The summed E-state index contributed by atoms with van der Waals surface area (Å²) in [6.45, 7) is 1.58. The van der Waals surface area contributed by atoms with E-state index in [1.807, 2.05) is 19.1 Å². The number of aliphatic carboxylic acids is 1. The number of nitrogens with one attached hydrogen (secondary N) is 1. The van der Waals surface area contributed by atoms with Gasteiger partial charge in [-0.2, -0.15) is 0 Å². The molecule has 20 heavy (non-hydrogen) atoms. The molecule has 1 atom stereocenters. The summed E-state index contributed by atoms with van der Waals surface area (Å²) in [5.41, 5.74) is 1.06. The number of carboxylic acid groups (broad SMARTS) is 1. The van der Waals surface area contributed by atoms with E-state index in [2.05, 4.69) is 10.3 Å². The maximum absolute atomic E-state index is 12.1. The van der Waals surface area contributed by atoms with Crippen LogP contribution in [0.3, 0.4) is 0 Å². The zero-order chi connectivity index (χ0) is 14.5. The van der Waals surface area contributed by atoms with Crippen molar-refractivity contribution >= 4 is 11.9 Å². The molecule has 1 unspecified atom stereocenters. The Bertz CT molecular complexity index is 607. The zero-order valence-electron chi connectivity index (χ0n) is 11.0. The van der Waals surface area contributed by atoms with Crippen LogP contribution in [0, 0.1) is 0 Å². The predicted octanol–water partition coefficient (Wildman–Crippen LogP) is 1.46. The molecule has 0 spiro atoms. The largest absolute Gasteiger partial charge is 0.480 e. The first kappa shape index (κ1) is 13.8. The van der Waals surface area contributed by atoms with Crippen LogP contribution in [-0.2, 0) is 11.3 Å². The highest BCUT2D eigenvalue weighted by atomic mass is 16.4. The minimum atomic E-state index is -0.993. The highest BCUT2D eigenvalue weighted by molar-refractivity contribution is 5.93. The summed E-state index contributed by atoms with van der Waals surface area (Å²) in [6.07, 6.45) is 3.22. The Labute approximate surface area is 116 Å². The Kier molecular flexibility index (Phi) is 4.14. The van der Waals surface area contributed by atoms with Gasteiger partial charge in [-0.3, -0.25) is 14.6 Å². The fourth-order valence-corrected chi connectivity index (χ4v) is 1.88. The highest BCUT2D eigenvalue weighted by Crippen LogP contribution is 2.10. The normalized spacial score (nSPS) is 11.8. The van der Waals surface area contributed by atoms with Gasteiger partial charge < -0.3 is 15.0 Å². The maximum atomic E-state index is 12.1. The third kappa shape index (κ3) is 3.23. The quantitative estimate of drug-likeness (QED) is 0.863. The molecule has 2 rings (SSSR count). The van der Waals surface area contributed by atoms with Gasteiger partial charge in [0.2, 0.25) is 0 Å². The number of hydrogen-bond acceptors (Lipinski definition) is 3. The van der Waals surface area contributed by atoms with E-state index in [0.717, 1.165) is 5.69 Å². The first-order valence-electron chi connectivity index (χ1n) is 6.16. The van der Waals surface area contributed by atoms with Crippen LogP contribution in [0.2, 0.25) is 0 Å². The molecule has 2 aromatic rings. The molecule has 0 aliphatic carbocycles. The van der Waals surface area contributed by atoms with Crippen molar-refractivity contribution in [2.75, 3.05) is 0 Å². The number of carbonyl (C=O) groups is 2. The Balaban J connectivity index is 2.09.